The van der Waals surface area contributed by atoms with Crippen molar-refractivity contribution >= 4 is 45.6 Å². The minimum Gasteiger partial charge on any atom is -0.497 e. The van der Waals surface area contributed by atoms with Crippen molar-refractivity contribution in [3.63, 3.8) is 0 Å². The Labute approximate surface area is 165 Å². The van der Waals surface area contributed by atoms with Gasteiger partial charge in [-0.05, 0) is 42.3 Å². The van der Waals surface area contributed by atoms with Gasteiger partial charge in [0.2, 0.25) is 5.91 Å². The van der Waals surface area contributed by atoms with E-state index in [9.17, 15) is 4.79 Å². The number of amides is 1. The topological polar surface area (TPSA) is 51.2 Å². The third-order valence-electron chi connectivity index (χ3n) is 3.76. The highest BCUT2D eigenvalue weighted by Crippen LogP contribution is 2.32. The van der Waals surface area contributed by atoms with Gasteiger partial charge in [0.15, 0.2) is 5.13 Å². The molecule has 3 aromatic rings. The molecule has 1 N–H and O–H groups in total. The van der Waals surface area contributed by atoms with E-state index in [0.717, 1.165) is 16.9 Å². The number of rotatable bonds is 6. The molecule has 1 amide bonds. The highest BCUT2D eigenvalue weighted by atomic mass is 35.5. The Morgan fingerprint density at radius 1 is 1.19 bits per heavy atom. The second kappa shape index (κ2) is 8.54. The number of hydrogen-bond donors (Lipinski definition) is 1. The van der Waals surface area contributed by atoms with E-state index in [-0.39, 0.29) is 5.91 Å². The van der Waals surface area contributed by atoms with E-state index < -0.39 is 0 Å². The molecule has 0 aliphatic rings. The molecule has 1 heterocycles. The van der Waals surface area contributed by atoms with Gasteiger partial charge in [0.05, 0.1) is 17.8 Å². The highest BCUT2D eigenvalue weighted by molar-refractivity contribution is 7.14. The SMILES string of the molecule is COc1ccc(CCC(=O)Nc2nc(-c3ccc(Cl)cc3Cl)cs2)cc1. The summed E-state index contributed by atoms with van der Waals surface area (Å²) in [5.41, 5.74) is 2.57. The molecule has 0 bridgehead atoms. The lowest BCUT2D eigenvalue weighted by Gasteiger charge is -2.04. The van der Waals surface area contributed by atoms with Crippen LogP contribution in [0.2, 0.25) is 10.0 Å². The Bertz CT molecular complexity index is 910. The van der Waals surface area contributed by atoms with Gasteiger partial charge in [-0.2, -0.15) is 0 Å². The molecule has 7 heteroatoms. The lowest BCUT2D eigenvalue weighted by Crippen LogP contribution is -2.12. The fourth-order valence-electron chi connectivity index (χ4n) is 2.38. The Hall–Kier alpha value is -2.08. The number of hydrogen-bond acceptors (Lipinski definition) is 4. The lowest BCUT2D eigenvalue weighted by molar-refractivity contribution is -0.116. The maximum Gasteiger partial charge on any atom is 0.226 e. The van der Waals surface area contributed by atoms with Crippen LogP contribution in [0.5, 0.6) is 5.75 Å². The minimum absolute atomic E-state index is 0.0797. The van der Waals surface area contributed by atoms with E-state index >= 15 is 0 Å². The fourth-order valence-corrected chi connectivity index (χ4v) is 3.62. The number of methoxy groups -OCH3 is 1. The molecular formula is C19H16Cl2N2O2S. The van der Waals surface area contributed by atoms with Gasteiger partial charge in [-0.15, -0.1) is 11.3 Å². The number of carbonyl (C=O) groups excluding carboxylic acids is 1. The van der Waals surface area contributed by atoms with Crippen LogP contribution in [0.1, 0.15) is 12.0 Å². The fraction of sp³-hybridized carbons (Fsp3) is 0.158. The molecule has 0 atom stereocenters. The molecule has 0 saturated heterocycles. The van der Waals surface area contributed by atoms with Crippen LogP contribution in [0.15, 0.2) is 47.8 Å². The van der Waals surface area contributed by atoms with Gasteiger partial charge in [-0.1, -0.05) is 35.3 Å². The van der Waals surface area contributed by atoms with Gasteiger partial charge in [-0.25, -0.2) is 4.98 Å². The number of thiazole rings is 1. The Morgan fingerprint density at radius 3 is 2.65 bits per heavy atom. The number of nitrogens with zero attached hydrogens (tertiary/aromatic N) is 1. The van der Waals surface area contributed by atoms with Crippen LogP contribution in [-0.2, 0) is 11.2 Å². The lowest BCUT2D eigenvalue weighted by atomic mass is 10.1. The second-order valence-electron chi connectivity index (χ2n) is 5.56. The Morgan fingerprint density at radius 2 is 1.96 bits per heavy atom. The standard InChI is InChI=1S/C19H16Cl2N2O2S/c1-25-14-6-2-12(3-7-14)4-9-18(24)23-19-22-17(11-26-19)15-8-5-13(20)10-16(15)21/h2-3,5-8,10-11H,4,9H2,1H3,(H,22,23,24). The first-order valence-electron chi connectivity index (χ1n) is 7.89. The predicted molar refractivity (Wildman–Crippen MR) is 108 cm³/mol. The van der Waals surface area contributed by atoms with Crippen LogP contribution in [0.25, 0.3) is 11.3 Å². The quantitative estimate of drug-likeness (QED) is 0.571. The van der Waals surface area contributed by atoms with Crippen molar-refractivity contribution in [3.8, 4) is 17.0 Å². The molecule has 0 spiro atoms. The summed E-state index contributed by atoms with van der Waals surface area (Å²) in [5.74, 6) is 0.721. The molecule has 0 radical (unpaired) electrons. The molecule has 26 heavy (non-hydrogen) atoms. The van der Waals surface area contributed by atoms with E-state index in [0.29, 0.717) is 33.7 Å². The number of ether oxygens (including phenoxy) is 1. The zero-order valence-corrected chi connectivity index (χ0v) is 16.3. The van der Waals surface area contributed by atoms with Crippen molar-refractivity contribution in [2.24, 2.45) is 0 Å². The molecule has 2 aromatic carbocycles. The first-order chi connectivity index (χ1) is 12.5. The molecule has 0 aliphatic carbocycles. The zero-order chi connectivity index (χ0) is 18.5. The zero-order valence-electron chi connectivity index (χ0n) is 14.0. The average Bonchev–Trinajstić information content (AvgIpc) is 3.08. The van der Waals surface area contributed by atoms with E-state index in [1.807, 2.05) is 35.7 Å². The molecule has 134 valence electrons. The van der Waals surface area contributed by atoms with Crippen molar-refractivity contribution in [1.29, 1.82) is 0 Å². The monoisotopic (exact) mass is 406 g/mol. The molecular weight excluding hydrogens is 391 g/mol. The van der Waals surface area contributed by atoms with Crippen LogP contribution < -0.4 is 10.1 Å². The third-order valence-corrected chi connectivity index (χ3v) is 5.06. The molecule has 0 aliphatic heterocycles. The number of aromatic nitrogens is 1. The summed E-state index contributed by atoms with van der Waals surface area (Å²) in [6, 6.07) is 12.9. The minimum atomic E-state index is -0.0797. The normalized spacial score (nSPS) is 10.6. The molecule has 0 fully saturated rings. The first kappa shape index (κ1) is 18.7. The van der Waals surface area contributed by atoms with Gasteiger partial charge < -0.3 is 10.1 Å². The van der Waals surface area contributed by atoms with Crippen LogP contribution in [0, 0.1) is 0 Å². The van der Waals surface area contributed by atoms with Gasteiger partial charge >= 0.3 is 0 Å². The number of anilines is 1. The smallest absolute Gasteiger partial charge is 0.226 e. The molecule has 0 unspecified atom stereocenters. The summed E-state index contributed by atoms with van der Waals surface area (Å²) in [4.78, 5) is 16.6. The average molecular weight is 407 g/mol. The van der Waals surface area contributed by atoms with Gasteiger partial charge in [0.1, 0.15) is 5.75 Å². The summed E-state index contributed by atoms with van der Waals surface area (Å²) in [5, 5.41) is 6.33. The molecule has 4 nitrogen and oxygen atoms in total. The van der Waals surface area contributed by atoms with Crippen molar-refractivity contribution in [2.75, 3.05) is 12.4 Å². The maximum absolute atomic E-state index is 12.2. The van der Waals surface area contributed by atoms with E-state index in [1.54, 1.807) is 19.2 Å². The number of carbonyl (C=O) groups is 1. The largest absolute Gasteiger partial charge is 0.497 e. The van der Waals surface area contributed by atoms with Gasteiger partial charge in [-0.3, -0.25) is 4.79 Å². The first-order valence-corrected chi connectivity index (χ1v) is 9.52. The maximum atomic E-state index is 12.2. The number of halogens is 2. The highest BCUT2D eigenvalue weighted by Gasteiger charge is 2.11. The summed E-state index contributed by atoms with van der Waals surface area (Å²) in [7, 11) is 1.63. The van der Waals surface area contributed by atoms with E-state index in [2.05, 4.69) is 10.3 Å². The Kier molecular flexibility index (Phi) is 6.14. The summed E-state index contributed by atoms with van der Waals surface area (Å²) in [6.45, 7) is 0. The summed E-state index contributed by atoms with van der Waals surface area (Å²) >= 11 is 13.5. The van der Waals surface area contributed by atoms with Gasteiger partial charge in [0, 0.05) is 22.4 Å². The van der Waals surface area contributed by atoms with Crippen LogP contribution in [-0.4, -0.2) is 18.0 Å². The van der Waals surface area contributed by atoms with Gasteiger partial charge in [0.25, 0.3) is 0 Å². The van der Waals surface area contributed by atoms with E-state index in [4.69, 9.17) is 27.9 Å². The molecule has 0 saturated carbocycles. The third kappa shape index (κ3) is 4.75. The van der Waals surface area contributed by atoms with Crippen LogP contribution in [0.4, 0.5) is 5.13 Å². The summed E-state index contributed by atoms with van der Waals surface area (Å²) in [6.07, 6.45) is 1.03. The number of nitrogens with one attached hydrogen (secondary N) is 1. The van der Waals surface area contributed by atoms with Crippen LogP contribution >= 0.6 is 34.5 Å². The van der Waals surface area contributed by atoms with Crippen molar-refractivity contribution in [1.82, 2.24) is 4.98 Å². The van der Waals surface area contributed by atoms with E-state index in [1.165, 1.54) is 11.3 Å². The molecule has 3 rings (SSSR count). The predicted octanol–water partition coefficient (Wildman–Crippen LogP) is 5.70. The van der Waals surface area contributed by atoms with Crippen molar-refractivity contribution < 1.29 is 9.53 Å². The van der Waals surface area contributed by atoms with Crippen molar-refractivity contribution in [3.05, 3.63) is 63.5 Å². The van der Waals surface area contributed by atoms with Crippen LogP contribution in [0.3, 0.4) is 0 Å². The Balaban J connectivity index is 1.58. The second-order valence-corrected chi connectivity index (χ2v) is 7.26. The summed E-state index contributed by atoms with van der Waals surface area (Å²) < 4.78 is 5.12. The number of aryl methyl sites for hydroxylation is 1. The van der Waals surface area contributed by atoms with Crippen molar-refractivity contribution in [2.45, 2.75) is 12.8 Å². The molecule has 1 aromatic heterocycles. The number of benzene rings is 2.